The molecule has 0 aromatic rings. The molecule has 0 aromatic heterocycles. The summed E-state index contributed by atoms with van der Waals surface area (Å²) in [5.41, 5.74) is 5.54. The van der Waals surface area contributed by atoms with Crippen LogP contribution in [0.3, 0.4) is 0 Å². The lowest BCUT2D eigenvalue weighted by Crippen LogP contribution is -2.44. The molecule has 1 unspecified atom stereocenters. The van der Waals surface area contributed by atoms with E-state index in [-0.39, 0.29) is 17.5 Å². The van der Waals surface area contributed by atoms with Crippen LogP contribution in [0.5, 0.6) is 0 Å². The van der Waals surface area contributed by atoms with E-state index < -0.39 is 0 Å². The zero-order valence-electron chi connectivity index (χ0n) is 9.82. The van der Waals surface area contributed by atoms with Crippen LogP contribution in [0.15, 0.2) is 0 Å². The Labute approximate surface area is 91.4 Å². The number of nitrogens with two attached hydrogens (primary N) is 1. The first kappa shape index (κ1) is 10.9. The first-order valence-electron chi connectivity index (χ1n) is 5.85. The molecule has 2 saturated carbocycles. The molecule has 0 aliphatic heterocycles. The minimum Gasteiger partial charge on any atom is -0.460 e. The Balaban J connectivity index is 1.88. The standard InChI is InChI=1S/C12H21NO2/c1-12(2,3)15-11(14)8-4-7-6-10(13)9(7)5-8/h7-10H,4-6,13H2,1-3H3/t7-,8?,9-,10+/m1/s1. The van der Waals surface area contributed by atoms with Crippen LogP contribution in [0.2, 0.25) is 0 Å². The van der Waals surface area contributed by atoms with E-state index in [1.165, 1.54) is 0 Å². The number of rotatable bonds is 1. The highest BCUT2D eigenvalue weighted by atomic mass is 16.6. The van der Waals surface area contributed by atoms with Crippen LogP contribution < -0.4 is 5.73 Å². The molecule has 0 heterocycles. The van der Waals surface area contributed by atoms with Crippen LogP contribution in [-0.2, 0) is 9.53 Å². The quantitative estimate of drug-likeness (QED) is 0.672. The molecule has 2 aliphatic carbocycles. The second-order valence-corrected chi connectivity index (χ2v) is 6.03. The molecule has 3 nitrogen and oxygen atoms in total. The summed E-state index contributed by atoms with van der Waals surface area (Å²) < 4.78 is 5.40. The van der Waals surface area contributed by atoms with E-state index in [2.05, 4.69) is 0 Å². The van der Waals surface area contributed by atoms with Gasteiger partial charge in [0.05, 0.1) is 5.92 Å². The van der Waals surface area contributed by atoms with Crippen LogP contribution in [0.4, 0.5) is 0 Å². The van der Waals surface area contributed by atoms with E-state index in [0.29, 0.717) is 17.9 Å². The molecule has 0 spiro atoms. The predicted molar refractivity (Wildman–Crippen MR) is 58.1 cm³/mol. The smallest absolute Gasteiger partial charge is 0.309 e. The van der Waals surface area contributed by atoms with Crippen molar-refractivity contribution in [2.75, 3.05) is 0 Å². The van der Waals surface area contributed by atoms with Gasteiger partial charge < -0.3 is 10.5 Å². The third-order valence-corrected chi connectivity index (χ3v) is 3.61. The van der Waals surface area contributed by atoms with Crippen LogP contribution in [0.1, 0.15) is 40.0 Å². The Hall–Kier alpha value is -0.570. The highest BCUT2D eigenvalue weighted by Gasteiger charge is 2.48. The average Bonchev–Trinajstić information content (AvgIpc) is 2.39. The maximum atomic E-state index is 11.8. The van der Waals surface area contributed by atoms with E-state index >= 15 is 0 Å². The van der Waals surface area contributed by atoms with Crippen molar-refractivity contribution in [1.82, 2.24) is 0 Å². The molecule has 2 fully saturated rings. The lowest BCUT2D eigenvalue weighted by molar-refractivity contribution is -0.159. The monoisotopic (exact) mass is 211 g/mol. The van der Waals surface area contributed by atoms with Crippen molar-refractivity contribution in [2.45, 2.75) is 51.7 Å². The van der Waals surface area contributed by atoms with Gasteiger partial charge in [0.1, 0.15) is 5.60 Å². The Bertz CT molecular complexity index is 269. The van der Waals surface area contributed by atoms with Crippen molar-refractivity contribution < 1.29 is 9.53 Å². The molecule has 0 aromatic carbocycles. The fourth-order valence-corrected chi connectivity index (χ4v) is 2.86. The summed E-state index contributed by atoms with van der Waals surface area (Å²) in [6.45, 7) is 5.75. The Morgan fingerprint density at radius 2 is 1.93 bits per heavy atom. The predicted octanol–water partition coefficient (Wildman–Crippen LogP) is 1.70. The molecular weight excluding hydrogens is 190 g/mol. The minimum absolute atomic E-state index is 0.0240. The molecule has 0 bridgehead atoms. The van der Waals surface area contributed by atoms with E-state index in [9.17, 15) is 4.79 Å². The average molecular weight is 211 g/mol. The summed E-state index contributed by atoms with van der Waals surface area (Å²) in [5, 5.41) is 0. The summed E-state index contributed by atoms with van der Waals surface area (Å²) in [7, 11) is 0. The van der Waals surface area contributed by atoms with Crippen molar-refractivity contribution in [3.63, 3.8) is 0 Å². The number of hydrogen-bond acceptors (Lipinski definition) is 3. The van der Waals surface area contributed by atoms with Crippen LogP contribution >= 0.6 is 0 Å². The molecule has 2 rings (SSSR count). The van der Waals surface area contributed by atoms with Crippen molar-refractivity contribution in [3.8, 4) is 0 Å². The van der Waals surface area contributed by atoms with E-state index in [0.717, 1.165) is 19.3 Å². The lowest BCUT2D eigenvalue weighted by Gasteiger charge is -2.37. The molecule has 3 heteroatoms. The molecule has 4 atom stereocenters. The molecule has 2 aliphatic rings. The molecule has 86 valence electrons. The number of esters is 1. The minimum atomic E-state index is -0.360. The van der Waals surface area contributed by atoms with Gasteiger partial charge in [0.25, 0.3) is 0 Å². The zero-order valence-corrected chi connectivity index (χ0v) is 9.82. The number of carbonyl (C=O) groups excluding carboxylic acids is 1. The first-order valence-corrected chi connectivity index (χ1v) is 5.85. The highest BCUT2D eigenvalue weighted by Crippen LogP contribution is 2.49. The van der Waals surface area contributed by atoms with Gasteiger partial charge in [-0.3, -0.25) is 4.79 Å². The van der Waals surface area contributed by atoms with Crippen LogP contribution in [0, 0.1) is 17.8 Å². The molecule has 2 N–H and O–H groups in total. The molecular formula is C12H21NO2. The van der Waals surface area contributed by atoms with Crippen molar-refractivity contribution in [3.05, 3.63) is 0 Å². The second kappa shape index (κ2) is 3.48. The van der Waals surface area contributed by atoms with Crippen molar-refractivity contribution in [1.29, 1.82) is 0 Å². The van der Waals surface area contributed by atoms with Gasteiger partial charge in [0, 0.05) is 6.04 Å². The number of fused-ring (bicyclic) bond motifs is 1. The SMILES string of the molecule is CC(C)(C)OC(=O)C1C[C@@H]2C[C@H](N)[C@@H]2C1. The summed E-state index contributed by atoms with van der Waals surface area (Å²) >= 11 is 0. The van der Waals surface area contributed by atoms with Gasteiger partial charge >= 0.3 is 5.97 Å². The first-order chi connectivity index (χ1) is 6.87. The Kier molecular flexibility index (Phi) is 2.53. The number of ether oxygens (including phenoxy) is 1. The molecule has 15 heavy (non-hydrogen) atoms. The van der Waals surface area contributed by atoms with Gasteiger partial charge in [0.15, 0.2) is 0 Å². The van der Waals surface area contributed by atoms with Gasteiger partial charge in [-0.2, -0.15) is 0 Å². The van der Waals surface area contributed by atoms with Gasteiger partial charge in [-0.25, -0.2) is 0 Å². The highest BCUT2D eigenvalue weighted by molar-refractivity contribution is 5.73. The third-order valence-electron chi connectivity index (χ3n) is 3.61. The fourth-order valence-electron chi connectivity index (χ4n) is 2.86. The molecule has 0 radical (unpaired) electrons. The topological polar surface area (TPSA) is 52.3 Å². The fraction of sp³-hybridized carbons (Fsp3) is 0.917. The number of carbonyl (C=O) groups is 1. The molecule has 0 amide bonds. The van der Waals surface area contributed by atoms with Gasteiger partial charge in [0.2, 0.25) is 0 Å². The van der Waals surface area contributed by atoms with Crippen molar-refractivity contribution >= 4 is 5.97 Å². The lowest BCUT2D eigenvalue weighted by atomic mass is 9.72. The zero-order chi connectivity index (χ0) is 11.2. The van der Waals surface area contributed by atoms with E-state index in [1.54, 1.807) is 0 Å². The maximum absolute atomic E-state index is 11.8. The largest absolute Gasteiger partial charge is 0.460 e. The molecule has 0 saturated heterocycles. The van der Waals surface area contributed by atoms with E-state index in [1.807, 2.05) is 20.8 Å². The Morgan fingerprint density at radius 3 is 2.40 bits per heavy atom. The summed E-state index contributed by atoms with van der Waals surface area (Å²) in [6.07, 6.45) is 3.04. The third kappa shape index (κ3) is 2.17. The normalized spacial score (nSPS) is 39.5. The van der Waals surface area contributed by atoms with Crippen LogP contribution in [-0.4, -0.2) is 17.6 Å². The summed E-state index contributed by atoms with van der Waals surface area (Å²) in [6, 6.07) is 0.336. The Morgan fingerprint density at radius 1 is 1.27 bits per heavy atom. The summed E-state index contributed by atoms with van der Waals surface area (Å²) in [5.74, 6) is 1.36. The van der Waals surface area contributed by atoms with Crippen LogP contribution in [0.25, 0.3) is 0 Å². The van der Waals surface area contributed by atoms with Gasteiger partial charge in [-0.1, -0.05) is 0 Å². The second-order valence-electron chi connectivity index (χ2n) is 6.03. The van der Waals surface area contributed by atoms with Gasteiger partial charge in [-0.05, 0) is 51.9 Å². The van der Waals surface area contributed by atoms with Crippen molar-refractivity contribution in [2.24, 2.45) is 23.5 Å². The summed E-state index contributed by atoms with van der Waals surface area (Å²) in [4.78, 5) is 11.8. The van der Waals surface area contributed by atoms with E-state index in [4.69, 9.17) is 10.5 Å². The maximum Gasteiger partial charge on any atom is 0.309 e. The number of hydrogen-bond donors (Lipinski definition) is 1. The van der Waals surface area contributed by atoms with Gasteiger partial charge in [-0.15, -0.1) is 0 Å².